The number of nitrogens with zero attached hydrogens (tertiary/aromatic N) is 3. The van der Waals surface area contributed by atoms with Crippen LogP contribution in [0.4, 0.5) is 5.69 Å². The molecule has 3 aromatic rings. The van der Waals surface area contributed by atoms with Crippen molar-refractivity contribution in [3.8, 4) is 0 Å². The second-order valence-corrected chi connectivity index (χ2v) is 6.44. The molecule has 2 aromatic heterocycles. The molecule has 2 atom stereocenters. The summed E-state index contributed by atoms with van der Waals surface area (Å²) >= 11 is 5.71. The fraction of sp³-hybridized carbons (Fsp3) is 0.200. The van der Waals surface area contributed by atoms with Crippen molar-refractivity contribution in [2.75, 3.05) is 4.90 Å². The van der Waals surface area contributed by atoms with Crippen molar-refractivity contribution in [3.63, 3.8) is 0 Å². The third kappa shape index (κ3) is 2.81. The lowest BCUT2D eigenvalue weighted by Crippen LogP contribution is -2.30. The molecule has 0 bridgehead atoms. The summed E-state index contributed by atoms with van der Waals surface area (Å²) in [5.41, 5.74) is 3.32. The largest absolute Gasteiger partial charge is 0.351 e. The molecule has 1 N–H and O–H groups in total. The van der Waals surface area contributed by atoms with Crippen LogP contribution in [0.1, 0.15) is 30.4 Å². The number of nitrogens with one attached hydrogen (secondary N) is 1. The van der Waals surface area contributed by atoms with Crippen molar-refractivity contribution < 1.29 is 0 Å². The average Bonchev–Trinajstić information content (AvgIpc) is 3.26. The zero-order chi connectivity index (χ0) is 17.2. The number of benzene rings is 1. The van der Waals surface area contributed by atoms with Gasteiger partial charge in [0.25, 0.3) is 0 Å². The zero-order valence-corrected chi connectivity index (χ0v) is 14.9. The van der Waals surface area contributed by atoms with Gasteiger partial charge in [-0.3, -0.25) is 4.98 Å². The number of aryl methyl sites for hydroxylation is 1. The lowest BCUT2D eigenvalue weighted by Gasteiger charge is -2.28. The highest BCUT2D eigenvalue weighted by molar-refractivity contribution is 7.80. The van der Waals surface area contributed by atoms with Crippen molar-refractivity contribution in [1.82, 2.24) is 14.9 Å². The Morgan fingerprint density at radius 2 is 1.84 bits per heavy atom. The van der Waals surface area contributed by atoms with Crippen LogP contribution in [0.2, 0.25) is 0 Å². The molecule has 0 saturated carbocycles. The third-order valence-corrected chi connectivity index (χ3v) is 4.96. The van der Waals surface area contributed by atoms with E-state index in [2.05, 4.69) is 63.2 Å². The van der Waals surface area contributed by atoms with Crippen LogP contribution in [0.5, 0.6) is 0 Å². The fourth-order valence-corrected chi connectivity index (χ4v) is 3.85. The minimum absolute atomic E-state index is 0.00843. The summed E-state index contributed by atoms with van der Waals surface area (Å²) in [5.74, 6) is 0. The van der Waals surface area contributed by atoms with Gasteiger partial charge in [-0.1, -0.05) is 24.3 Å². The predicted molar refractivity (Wildman–Crippen MR) is 104 cm³/mol. The summed E-state index contributed by atoms with van der Waals surface area (Å²) in [6.07, 6.45) is 3.95. The maximum absolute atomic E-state index is 5.71. The van der Waals surface area contributed by atoms with Crippen LogP contribution in [0, 0.1) is 0 Å². The van der Waals surface area contributed by atoms with E-state index in [4.69, 9.17) is 12.2 Å². The van der Waals surface area contributed by atoms with E-state index >= 15 is 0 Å². The van der Waals surface area contributed by atoms with E-state index in [0.717, 1.165) is 23.0 Å². The molecule has 25 heavy (non-hydrogen) atoms. The van der Waals surface area contributed by atoms with Crippen LogP contribution < -0.4 is 10.2 Å². The van der Waals surface area contributed by atoms with Gasteiger partial charge in [0.05, 0.1) is 11.7 Å². The second kappa shape index (κ2) is 6.69. The van der Waals surface area contributed by atoms with Gasteiger partial charge < -0.3 is 14.8 Å². The van der Waals surface area contributed by atoms with E-state index in [1.807, 2.05) is 36.5 Å². The number of hydrogen-bond acceptors (Lipinski definition) is 2. The van der Waals surface area contributed by atoms with Gasteiger partial charge in [0, 0.05) is 30.3 Å². The summed E-state index contributed by atoms with van der Waals surface area (Å²) in [6.45, 7) is 3.08. The van der Waals surface area contributed by atoms with Crippen LogP contribution in [-0.4, -0.2) is 14.7 Å². The van der Waals surface area contributed by atoms with Gasteiger partial charge in [-0.2, -0.15) is 0 Å². The van der Waals surface area contributed by atoms with Gasteiger partial charge in [0.2, 0.25) is 0 Å². The second-order valence-electron chi connectivity index (χ2n) is 6.05. The Morgan fingerprint density at radius 1 is 1.04 bits per heavy atom. The average molecular weight is 348 g/mol. The van der Waals surface area contributed by atoms with Crippen molar-refractivity contribution in [2.45, 2.75) is 25.6 Å². The molecule has 1 saturated heterocycles. The van der Waals surface area contributed by atoms with Gasteiger partial charge in [-0.05, 0) is 55.5 Å². The molecule has 1 aromatic carbocycles. The fourth-order valence-electron chi connectivity index (χ4n) is 3.51. The normalized spacial score (nSPS) is 19.9. The Hall–Kier alpha value is -2.66. The summed E-state index contributed by atoms with van der Waals surface area (Å²) in [4.78, 5) is 6.79. The number of anilines is 1. The van der Waals surface area contributed by atoms with Crippen molar-refractivity contribution in [1.29, 1.82) is 0 Å². The summed E-state index contributed by atoms with van der Waals surface area (Å²) < 4.78 is 2.27. The van der Waals surface area contributed by atoms with Crippen LogP contribution in [-0.2, 0) is 6.54 Å². The maximum atomic E-state index is 5.71. The van der Waals surface area contributed by atoms with Gasteiger partial charge in [0.15, 0.2) is 5.11 Å². The smallest absolute Gasteiger partial charge is 0.174 e. The van der Waals surface area contributed by atoms with Crippen molar-refractivity contribution in [2.24, 2.45) is 0 Å². The minimum atomic E-state index is 0.00843. The molecule has 1 fully saturated rings. The Bertz CT molecular complexity index is 860. The van der Waals surface area contributed by atoms with Crippen LogP contribution in [0.25, 0.3) is 0 Å². The number of aromatic nitrogens is 2. The Kier molecular flexibility index (Phi) is 4.24. The Balaban J connectivity index is 1.85. The summed E-state index contributed by atoms with van der Waals surface area (Å²) in [6, 6.07) is 20.7. The van der Waals surface area contributed by atoms with E-state index in [0.29, 0.717) is 0 Å². The minimum Gasteiger partial charge on any atom is -0.351 e. The molecule has 1 aliphatic rings. The first-order valence-electron chi connectivity index (χ1n) is 8.50. The first-order chi connectivity index (χ1) is 12.3. The summed E-state index contributed by atoms with van der Waals surface area (Å²) in [5, 5.41) is 4.22. The highest BCUT2D eigenvalue weighted by atomic mass is 32.1. The monoisotopic (exact) mass is 348 g/mol. The van der Waals surface area contributed by atoms with Crippen molar-refractivity contribution in [3.05, 3.63) is 84.4 Å². The molecule has 126 valence electrons. The van der Waals surface area contributed by atoms with E-state index in [-0.39, 0.29) is 12.1 Å². The number of para-hydroxylation sites is 1. The number of rotatable bonds is 4. The molecule has 0 spiro atoms. The van der Waals surface area contributed by atoms with E-state index in [9.17, 15) is 0 Å². The van der Waals surface area contributed by atoms with E-state index in [1.54, 1.807) is 0 Å². The molecule has 4 rings (SSSR count). The van der Waals surface area contributed by atoms with Crippen LogP contribution in [0.3, 0.4) is 0 Å². The topological polar surface area (TPSA) is 33.1 Å². The molecule has 3 heterocycles. The summed E-state index contributed by atoms with van der Waals surface area (Å²) in [7, 11) is 0. The number of pyridine rings is 1. The molecule has 1 aliphatic heterocycles. The number of hydrogen-bond donors (Lipinski definition) is 1. The molecule has 0 amide bonds. The van der Waals surface area contributed by atoms with Gasteiger partial charge in [0.1, 0.15) is 6.04 Å². The van der Waals surface area contributed by atoms with Gasteiger partial charge >= 0.3 is 0 Å². The SMILES string of the molecule is CCn1cccc1[C@H]1[C@H](c2ccccn2)NC(=S)N1c1ccccc1. The predicted octanol–water partition coefficient (Wildman–Crippen LogP) is 4.08. The first kappa shape index (κ1) is 15.8. The third-order valence-electron chi connectivity index (χ3n) is 4.64. The lowest BCUT2D eigenvalue weighted by molar-refractivity contribution is 0.529. The van der Waals surface area contributed by atoms with Gasteiger partial charge in [-0.25, -0.2) is 0 Å². The molecule has 0 aliphatic carbocycles. The Labute approximate surface area is 153 Å². The van der Waals surface area contributed by atoms with E-state index in [1.165, 1.54) is 5.69 Å². The van der Waals surface area contributed by atoms with Crippen LogP contribution >= 0.6 is 12.2 Å². The molecule has 5 heteroatoms. The first-order valence-corrected chi connectivity index (χ1v) is 8.91. The Morgan fingerprint density at radius 3 is 2.56 bits per heavy atom. The lowest BCUT2D eigenvalue weighted by atomic mass is 10.0. The molecule has 4 nitrogen and oxygen atoms in total. The standard InChI is InChI=1S/C20H20N4S/c1-2-23-14-8-12-17(23)19-18(16-11-6-7-13-21-16)22-20(25)24(19)15-9-4-3-5-10-15/h3-14,18-19H,2H2,1H3,(H,22,25)/t18-,19-/m0/s1. The molecule has 0 unspecified atom stereocenters. The van der Waals surface area contributed by atoms with E-state index < -0.39 is 0 Å². The highest BCUT2D eigenvalue weighted by Crippen LogP contribution is 2.41. The maximum Gasteiger partial charge on any atom is 0.174 e. The van der Waals surface area contributed by atoms with Gasteiger partial charge in [-0.15, -0.1) is 0 Å². The van der Waals surface area contributed by atoms with Crippen molar-refractivity contribution >= 4 is 23.0 Å². The highest BCUT2D eigenvalue weighted by Gasteiger charge is 2.41. The number of thiocarbonyl (C=S) groups is 1. The van der Waals surface area contributed by atoms with Crippen LogP contribution in [0.15, 0.2) is 73.1 Å². The molecular formula is C20H20N4S. The zero-order valence-electron chi connectivity index (χ0n) is 14.0. The quantitative estimate of drug-likeness (QED) is 0.720. The molecular weight excluding hydrogens is 328 g/mol. The molecule has 0 radical (unpaired) electrons.